The van der Waals surface area contributed by atoms with Crippen LogP contribution in [0.2, 0.25) is 0 Å². The van der Waals surface area contributed by atoms with E-state index in [4.69, 9.17) is 4.74 Å². The van der Waals surface area contributed by atoms with Crippen LogP contribution in [-0.4, -0.2) is 20.6 Å². The summed E-state index contributed by atoms with van der Waals surface area (Å²) in [5.41, 5.74) is 2.37. The summed E-state index contributed by atoms with van der Waals surface area (Å²) in [7, 11) is 0. The zero-order chi connectivity index (χ0) is 15.9. The Hall–Kier alpha value is -2.54. The maximum Gasteiger partial charge on any atom is 0.308 e. The quantitative estimate of drug-likeness (QED) is 0.525. The largest absolute Gasteiger partial charge is 0.426 e. The van der Waals surface area contributed by atoms with Gasteiger partial charge in [-0.3, -0.25) is 9.59 Å². The molecule has 0 fully saturated rings. The van der Waals surface area contributed by atoms with Crippen molar-refractivity contribution in [3.05, 3.63) is 50.0 Å². The van der Waals surface area contributed by atoms with Crippen LogP contribution in [0.3, 0.4) is 0 Å². The van der Waals surface area contributed by atoms with E-state index in [2.05, 4.69) is 10.1 Å². The van der Waals surface area contributed by atoms with Crippen molar-refractivity contribution >= 4 is 28.3 Å². The van der Waals surface area contributed by atoms with Crippen LogP contribution in [0.1, 0.15) is 23.6 Å². The van der Waals surface area contributed by atoms with E-state index in [1.165, 1.54) is 29.1 Å². The Kier molecular flexibility index (Phi) is 3.50. The van der Waals surface area contributed by atoms with E-state index in [0.717, 1.165) is 16.7 Å². The van der Waals surface area contributed by atoms with Crippen LogP contribution >= 0.6 is 11.3 Å². The molecule has 3 aromatic rings. The molecule has 0 saturated carbocycles. The number of ether oxygens (including phenoxy) is 1. The molecule has 0 aliphatic heterocycles. The number of aryl methyl sites for hydroxylation is 2. The zero-order valence-electron chi connectivity index (χ0n) is 12.3. The molecule has 6 nitrogen and oxygen atoms in total. The fourth-order valence-corrected chi connectivity index (χ4v) is 3.18. The first kappa shape index (κ1) is 14.4. The van der Waals surface area contributed by atoms with Gasteiger partial charge >= 0.3 is 5.97 Å². The number of carbonyl (C=O) groups is 1. The van der Waals surface area contributed by atoms with Gasteiger partial charge in [-0.05, 0) is 48.7 Å². The van der Waals surface area contributed by atoms with Gasteiger partial charge in [-0.15, -0.1) is 0 Å². The van der Waals surface area contributed by atoms with E-state index in [1.807, 2.05) is 26.0 Å². The van der Waals surface area contributed by atoms with Gasteiger partial charge in [0.05, 0.1) is 4.53 Å². The van der Waals surface area contributed by atoms with E-state index < -0.39 is 0 Å². The summed E-state index contributed by atoms with van der Waals surface area (Å²) in [5.74, 6) is 0.213. The molecule has 112 valence electrons. The monoisotopic (exact) mass is 315 g/mol. The van der Waals surface area contributed by atoms with E-state index in [9.17, 15) is 9.59 Å². The Balaban J connectivity index is 2.11. The Labute approximate surface area is 129 Å². The number of hydrogen-bond donors (Lipinski definition) is 0. The number of esters is 1. The number of rotatable bonds is 2. The summed E-state index contributed by atoms with van der Waals surface area (Å²) in [4.78, 5) is 27.9. The lowest BCUT2D eigenvalue weighted by atomic mass is 10.1. The van der Waals surface area contributed by atoms with Crippen molar-refractivity contribution < 1.29 is 9.53 Å². The highest BCUT2D eigenvalue weighted by Gasteiger charge is 2.09. The lowest BCUT2D eigenvalue weighted by Crippen LogP contribution is -2.23. The number of benzene rings is 1. The second kappa shape index (κ2) is 5.34. The fraction of sp³-hybridized carbons (Fsp3) is 0.200. The minimum atomic E-state index is -0.352. The van der Waals surface area contributed by atoms with Gasteiger partial charge in [-0.25, -0.2) is 4.98 Å². The molecular weight excluding hydrogens is 302 g/mol. The molecule has 0 aliphatic rings. The van der Waals surface area contributed by atoms with Crippen LogP contribution in [0, 0.1) is 13.8 Å². The van der Waals surface area contributed by atoms with Gasteiger partial charge in [0.1, 0.15) is 12.1 Å². The van der Waals surface area contributed by atoms with Gasteiger partial charge in [0, 0.05) is 6.92 Å². The summed E-state index contributed by atoms with van der Waals surface area (Å²) in [6, 6.07) is 3.75. The van der Waals surface area contributed by atoms with Crippen molar-refractivity contribution in [1.82, 2.24) is 14.6 Å². The SMILES string of the molecule is CC(=O)Oc1c(C)cc(/C=c2\sc3ncnn3c2=O)cc1C. The first-order chi connectivity index (χ1) is 10.5. The minimum absolute atomic E-state index is 0.183. The van der Waals surface area contributed by atoms with Gasteiger partial charge in [0.15, 0.2) is 0 Å². The van der Waals surface area contributed by atoms with Crippen LogP contribution in [0.4, 0.5) is 0 Å². The molecular formula is C15H13N3O3S. The molecule has 22 heavy (non-hydrogen) atoms. The molecule has 2 heterocycles. The van der Waals surface area contributed by atoms with Crippen LogP contribution in [0.15, 0.2) is 23.3 Å². The molecule has 0 unspecified atom stereocenters. The Morgan fingerprint density at radius 2 is 2.00 bits per heavy atom. The number of nitrogens with zero attached hydrogens (tertiary/aromatic N) is 3. The lowest BCUT2D eigenvalue weighted by Gasteiger charge is -2.10. The number of thiazole rings is 1. The maximum atomic E-state index is 12.1. The summed E-state index contributed by atoms with van der Waals surface area (Å²) in [5, 5.41) is 3.89. The topological polar surface area (TPSA) is 73.6 Å². The van der Waals surface area contributed by atoms with E-state index in [-0.39, 0.29) is 11.5 Å². The third kappa shape index (κ3) is 2.50. The van der Waals surface area contributed by atoms with Gasteiger partial charge in [-0.1, -0.05) is 11.3 Å². The van der Waals surface area contributed by atoms with Gasteiger partial charge in [0.2, 0.25) is 4.96 Å². The van der Waals surface area contributed by atoms with Gasteiger partial charge in [-0.2, -0.15) is 9.61 Å². The maximum absolute atomic E-state index is 12.1. The summed E-state index contributed by atoms with van der Waals surface area (Å²) >= 11 is 1.29. The first-order valence-corrected chi connectivity index (χ1v) is 7.41. The lowest BCUT2D eigenvalue weighted by molar-refractivity contribution is -0.131. The highest BCUT2D eigenvalue weighted by Crippen LogP contribution is 2.25. The van der Waals surface area contributed by atoms with E-state index in [1.54, 1.807) is 6.08 Å². The first-order valence-electron chi connectivity index (χ1n) is 6.59. The second-order valence-electron chi connectivity index (χ2n) is 4.95. The predicted octanol–water partition coefficient (Wildman–Crippen LogP) is 1.24. The minimum Gasteiger partial charge on any atom is -0.426 e. The summed E-state index contributed by atoms with van der Waals surface area (Å²) in [6.07, 6.45) is 3.15. The molecule has 0 bridgehead atoms. The summed E-state index contributed by atoms with van der Waals surface area (Å²) < 4.78 is 7.05. The molecule has 0 amide bonds. The molecule has 0 aliphatic carbocycles. The van der Waals surface area contributed by atoms with Crippen molar-refractivity contribution in [3.8, 4) is 5.75 Å². The zero-order valence-corrected chi connectivity index (χ0v) is 13.1. The van der Waals surface area contributed by atoms with E-state index in [0.29, 0.717) is 15.2 Å². The molecule has 2 aromatic heterocycles. The van der Waals surface area contributed by atoms with Crippen molar-refractivity contribution in [2.75, 3.05) is 0 Å². The molecule has 0 radical (unpaired) electrons. The standard InChI is InChI=1S/C15H13N3O3S/c1-8-4-11(5-9(2)13(8)21-10(3)19)6-12-14(20)18-15(22-12)16-7-17-18/h4-7H,1-3H3/b12-6-. The molecule has 0 N–H and O–H groups in total. The van der Waals surface area contributed by atoms with Gasteiger partial charge < -0.3 is 4.74 Å². The Morgan fingerprint density at radius 1 is 1.32 bits per heavy atom. The number of aromatic nitrogens is 3. The van der Waals surface area contributed by atoms with Crippen LogP contribution in [0.5, 0.6) is 5.75 Å². The number of hydrogen-bond acceptors (Lipinski definition) is 6. The Morgan fingerprint density at radius 3 is 2.59 bits per heavy atom. The molecule has 0 saturated heterocycles. The number of carbonyl (C=O) groups excluding carboxylic acids is 1. The summed E-state index contributed by atoms with van der Waals surface area (Å²) in [6.45, 7) is 5.10. The van der Waals surface area contributed by atoms with E-state index >= 15 is 0 Å². The van der Waals surface area contributed by atoms with Crippen molar-refractivity contribution in [2.45, 2.75) is 20.8 Å². The molecule has 7 heteroatoms. The van der Waals surface area contributed by atoms with Crippen molar-refractivity contribution in [3.63, 3.8) is 0 Å². The fourth-order valence-electron chi connectivity index (χ4n) is 2.30. The predicted molar refractivity (Wildman–Crippen MR) is 83.1 cm³/mol. The molecule has 1 aromatic carbocycles. The van der Waals surface area contributed by atoms with Crippen molar-refractivity contribution in [2.24, 2.45) is 0 Å². The molecule has 0 atom stereocenters. The molecule has 3 rings (SSSR count). The normalized spacial score (nSPS) is 12.0. The average molecular weight is 315 g/mol. The third-order valence-corrected chi connectivity index (χ3v) is 4.12. The Bertz CT molecular complexity index is 964. The van der Waals surface area contributed by atoms with Crippen LogP contribution in [0.25, 0.3) is 11.0 Å². The second-order valence-corrected chi connectivity index (χ2v) is 5.96. The average Bonchev–Trinajstić information content (AvgIpc) is 2.99. The highest BCUT2D eigenvalue weighted by molar-refractivity contribution is 7.15. The van der Waals surface area contributed by atoms with Gasteiger partial charge in [0.25, 0.3) is 5.56 Å². The molecule has 0 spiro atoms. The van der Waals surface area contributed by atoms with Crippen LogP contribution < -0.4 is 14.8 Å². The highest BCUT2D eigenvalue weighted by atomic mass is 32.1. The number of fused-ring (bicyclic) bond motifs is 1. The van der Waals surface area contributed by atoms with Crippen LogP contribution in [-0.2, 0) is 4.79 Å². The third-order valence-electron chi connectivity index (χ3n) is 3.15. The smallest absolute Gasteiger partial charge is 0.308 e. The van der Waals surface area contributed by atoms with Crippen molar-refractivity contribution in [1.29, 1.82) is 0 Å².